The SMILES string of the molecule is CN(C1=C2C=CN=C2C(S(=O)(=O)Cc2ccccc2)C=N1)[C@H]1CC[C@H](CS(=O)(=O)O)CC1. The van der Waals surface area contributed by atoms with E-state index in [0.717, 1.165) is 24.0 Å². The smallest absolute Gasteiger partial charge is 0.265 e. The van der Waals surface area contributed by atoms with Gasteiger partial charge in [-0.1, -0.05) is 30.3 Å². The van der Waals surface area contributed by atoms with Crippen LogP contribution in [0.2, 0.25) is 0 Å². The quantitative estimate of drug-likeness (QED) is 0.604. The molecule has 1 unspecified atom stereocenters. The maximum absolute atomic E-state index is 13.1. The monoisotopic (exact) mass is 477 g/mol. The van der Waals surface area contributed by atoms with E-state index in [4.69, 9.17) is 4.55 Å². The highest BCUT2D eigenvalue weighted by atomic mass is 32.2. The van der Waals surface area contributed by atoms with Crippen molar-refractivity contribution in [2.24, 2.45) is 15.9 Å². The van der Waals surface area contributed by atoms with E-state index in [0.29, 0.717) is 24.4 Å². The van der Waals surface area contributed by atoms with Crippen LogP contribution >= 0.6 is 0 Å². The number of hydrogen-bond acceptors (Lipinski definition) is 7. The summed E-state index contributed by atoms with van der Waals surface area (Å²) in [5, 5.41) is -0.893. The number of aliphatic imine (C=N–C) groups is 2. The highest BCUT2D eigenvalue weighted by molar-refractivity contribution is 7.92. The summed E-state index contributed by atoms with van der Waals surface area (Å²) in [4.78, 5) is 11.0. The summed E-state index contributed by atoms with van der Waals surface area (Å²) >= 11 is 0. The van der Waals surface area contributed by atoms with Gasteiger partial charge in [0.15, 0.2) is 9.84 Å². The van der Waals surface area contributed by atoms with Crippen molar-refractivity contribution in [3.05, 3.63) is 59.6 Å². The third-order valence-corrected chi connectivity index (χ3v) is 9.06. The number of nitrogens with zero attached hydrogens (tertiary/aromatic N) is 3. The number of allylic oxidation sites excluding steroid dienone is 2. The second-order valence-corrected chi connectivity index (χ2v) is 12.2. The Morgan fingerprint density at radius 2 is 1.75 bits per heavy atom. The molecule has 1 aromatic rings. The highest BCUT2D eigenvalue weighted by Gasteiger charge is 2.37. The molecule has 1 N–H and O–H groups in total. The first-order valence-electron chi connectivity index (χ1n) is 10.6. The van der Waals surface area contributed by atoms with Gasteiger partial charge in [0.1, 0.15) is 11.1 Å². The molecular formula is C22H27N3O5S2. The van der Waals surface area contributed by atoms with Gasteiger partial charge in [0, 0.05) is 31.1 Å². The first kappa shape index (κ1) is 22.9. The van der Waals surface area contributed by atoms with Crippen molar-refractivity contribution in [2.45, 2.75) is 42.7 Å². The van der Waals surface area contributed by atoms with E-state index in [9.17, 15) is 16.8 Å². The lowest BCUT2D eigenvalue weighted by Crippen LogP contribution is -2.40. The van der Waals surface area contributed by atoms with Gasteiger partial charge in [0.05, 0.1) is 17.2 Å². The van der Waals surface area contributed by atoms with Crippen LogP contribution in [0, 0.1) is 5.92 Å². The number of rotatable bonds is 7. The molecule has 0 radical (unpaired) electrons. The number of sulfone groups is 1. The van der Waals surface area contributed by atoms with Gasteiger partial charge in [-0.2, -0.15) is 8.42 Å². The highest BCUT2D eigenvalue weighted by Crippen LogP contribution is 2.33. The van der Waals surface area contributed by atoms with Crippen LogP contribution in [0.1, 0.15) is 31.2 Å². The zero-order valence-corrected chi connectivity index (χ0v) is 19.5. The van der Waals surface area contributed by atoms with Crippen molar-refractivity contribution < 1.29 is 21.4 Å². The molecule has 0 saturated heterocycles. The topological polar surface area (TPSA) is 116 Å². The standard InChI is InChI=1S/C22H27N3O5S2/c1-25(18-9-7-17(8-10-18)15-32(28,29)30)22-19-11-12-23-21(19)20(13-24-22)31(26,27)14-16-5-3-2-4-6-16/h2-6,11-13,17-18,20H,7-10,14-15H2,1H3,(H,28,29,30)/t17-,18-,20?. The van der Waals surface area contributed by atoms with Crippen molar-refractivity contribution >= 4 is 31.9 Å². The first-order valence-corrected chi connectivity index (χ1v) is 13.9. The minimum Gasteiger partial charge on any atom is -0.356 e. The van der Waals surface area contributed by atoms with Crippen molar-refractivity contribution in [1.82, 2.24) is 4.90 Å². The maximum atomic E-state index is 13.1. The summed E-state index contributed by atoms with van der Waals surface area (Å²) in [6.45, 7) is 0. The van der Waals surface area contributed by atoms with Crippen LogP contribution < -0.4 is 0 Å². The van der Waals surface area contributed by atoms with Crippen LogP contribution in [0.25, 0.3) is 0 Å². The normalized spacial score (nSPS) is 25.6. The minimum absolute atomic E-state index is 0.0434. The Labute approximate surface area is 189 Å². The fraction of sp³-hybridized carbons (Fsp3) is 0.455. The summed E-state index contributed by atoms with van der Waals surface area (Å²) < 4.78 is 57.7. The van der Waals surface area contributed by atoms with E-state index in [1.807, 2.05) is 30.1 Å². The molecule has 2 aliphatic heterocycles. The van der Waals surface area contributed by atoms with Gasteiger partial charge in [0.2, 0.25) is 0 Å². The summed E-state index contributed by atoms with van der Waals surface area (Å²) in [5.74, 6) is 0.357. The van der Waals surface area contributed by atoms with E-state index in [1.54, 1.807) is 24.4 Å². The van der Waals surface area contributed by atoms with E-state index >= 15 is 0 Å². The van der Waals surface area contributed by atoms with Gasteiger partial charge < -0.3 is 4.90 Å². The molecule has 32 heavy (non-hydrogen) atoms. The molecule has 0 amide bonds. The van der Waals surface area contributed by atoms with Gasteiger partial charge in [-0.3, -0.25) is 9.55 Å². The molecule has 8 nitrogen and oxygen atoms in total. The molecule has 172 valence electrons. The Morgan fingerprint density at radius 1 is 1.06 bits per heavy atom. The van der Waals surface area contributed by atoms with Crippen LogP contribution in [-0.2, 0) is 25.7 Å². The summed E-state index contributed by atoms with van der Waals surface area (Å²) in [7, 11) is -5.58. The van der Waals surface area contributed by atoms with Crippen molar-refractivity contribution in [3.63, 3.8) is 0 Å². The van der Waals surface area contributed by atoms with Gasteiger partial charge in [-0.05, 0) is 43.2 Å². The molecule has 2 heterocycles. The molecule has 0 spiro atoms. The van der Waals surface area contributed by atoms with Gasteiger partial charge in [-0.15, -0.1) is 0 Å². The molecule has 1 aromatic carbocycles. The van der Waals surface area contributed by atoms with Crippen LogP contribution in [0.15, 0.2) is 64.0 Å². The third-order valence-electron chi connectivity index (χ3n) is 6.32. The van der Waals surface area contributed by atoms with Gasteiger partial charge >= 0.3 is 0 Å². The van der Waals surface area contributed by atoms with Crippen molar-refractivity contribution in [3.8, 4) is 0 Å². The maximum Gasteiger partial charge on any atom is 0.265 e. The Balaban J connectivity index is 1.48. The van der Waals surface area contributed by atoms with Crippen molar-refractivity contribution in [1.29, 1.82) is 0 Å². The number of hydrogen-bond donors (Lipinski definition) is 1. The molecule has 1 saturated carbocycles. The fourth-order valence-corrected chi connectivity index (χ4v) is 7.19. The fourth-order valence-electron chi connectivity index (χ4n) is 4.65. The summed E-state index contributed by atoms with van der Waals surface area (Å²) in [6, 6.07) is 9.22. The van der Waals surface area contributed by atoms with Crippen molar-refractivity contribution in [2.75, 3.05) is 12.8 Å². The van der Waals surface area contributed by atoms with Crippen LogP contribution in [0.4, 0.5) is 0 Å². The average molecular weight is 478 g/mol. The molecule has 10 heteroatoms. The second kappa shape index (κ2) is 8.92. The van der Waals surface area contributed by atoms with E-state index in [1.165, 1.54) is 6.21 Å². The zero-order valence-electron chi connectivity index (χ0n) is 17.8. The molecule has 4 rings (SSSR count). The lowest BCUT2D eigenvalue weighted by Gasteiger charge is -2.37. The average Bonchev–Trinajstić information content (AvgIpc) is 3.22. The van der Waals surface area contributed by atoms with E-state index < -0.39 is 25.2 Å². The molecule has 1 aliphatic carbocycles. The second-order valence-electron chi connectivity index (χ2n) is 8.59. The lowest BCUT2D eigenvalue weighted by atomic mass is 9.86. The van der Waals surface area contributed by atoms with Gasteiger partial charge in [0.25, 0.3) is 10.1 Å². The molecule has 0 aromatic heterocycles. The van der Waals surface area contributed by atoms with Crippen LogP contribution in [0.3, 0.4) is 0 Å². The Kier molecular flexibility index (Phi) is 6.37. The molecule has 1 fully saturated rings. The number of fused-ring (bicyclic) bond motifs is 1. The third kappa shape index (κ3) is 5.02. The van der Waals surface area contributed by atoms with Crippen LogP contribution in [0.5, 0.6) is 0 Å². The largest absolute Gasteiger partial charge is 0.356 e. The van der Waals surface area contributed by atoms with Gasteiger partial charge in [-0.25, -0.2) is 13.4 Å². The Hall–Kier alpha value is -2.30. The molecule has 1 atom stereocenters. The minimum atomic E-state index is -3.96. The predicted molar refractivity (Wildman–Crippen MR) is 125 cm³/mol. The van der Waals surface area contributed by atoms with Crippen LogP contribution in [-0.4, -0.2) is 62.3 Å². The van der Waals surface area contributed by atoms with E-state index in [2.05, 4.69) is 9.98 Å². The molecule has 3 aliphatic rings. The Bertz CT molecular complexity index is 1190. The lowest BCUT2D eigenvalue weighted by molar-refractivity contribution is 0.204. The Morgan fingerprint density at radius 3 is 2.41 bits per heavy atom. The number of benzene rings is 1. The predicted octanol–water partition coefficient (Wildman–Crippen LogP) is 2.61. The molecule has 0 bridgehead atoms. The first-order chi connectivity index (χ1) is 15.1. The summed E-state index contributed by atoms with van der Waals surface area (Å²) in [5.41, 5.74) is 1.94. The summed E-state index contributed by atoms with van der Waals surface area (Å²) in [6.07, 6.45) is 7.83. The van der Waals surface area contributed by atoms with E-state index in [-0.39, 0.29) is 23.5 Å². The zero-order chi connectivity index (χ0) is 22.9. The molecular weight excluding hydrogens is 450 g/mol.